The van der Waals surface area contributed by atoms with Crippen LogP contribution in [0.15, 0.2) is 24.3 Å². The first-order valence-corrected chi connectivity index (χ1v) is 8.56. The molecule has 0 saturated carbocycles. The van der Waals surface area contributed by atoms with Gasteiger partial charge in [-0.1, -0.05) is 77.6 Å². The lowest BCUT2D eigenvalue weighted by Crippen LogP contribution is -2.02. The molecule has 2 radical (unpaired) electrons. The molecule has 1 aromatic carbocycles. The van der Waals surface area contributed by atoms with Crippen molar-refractivity contribution >= 4 is 0 Å². The Kier molecular flexibility index (Phi) is 8.65. The van der Waals surface area contributed by atoms with Gasteiger partial charge in [0.2, 0.25) is 0 Å². The van der Waals surface area contributed by atoms with Gasteiger partial charge in [-0.3, -0.25) is 0 Å². The first-order chi connectivity index (χ1) is 9.76. The largest absolute Gasteiger partial charge is 0.0654 e. The third kappa shape index (κ3) is 5.31. The predicted octanol–water partition coefficient (Wildman–Crippen LogP) is 6.73. The maximum absolute atomic E-state index is 2.35. The molecule has 1 rings (SSSR count). The molecule has 20 heavy (non-hydrogen) atoms. The lowest BCUT2D eigenvalue weighted by atomic mass is 9.86. The average Bonchev–Trinajstić information content (AvgIpc) is 2.47. The summed E-state index contributed by atoms with van der Waals surface area (Å²) in [5.74, 6) is 3.27. The van der Waals surface area contributed by atoms with Gasteiger partial charge in [0.25, 0.3) is 0 Å². The average molecular weight is 272 g/mol. The molecule has 0 aromatic heterocycles. The smallest absolute Gasteiger partial charge is 0.00496 e. The Labute approximate surface area is 127 Å². The molecule has 0 unspecified atom stereocenters. The Morgan fingerprint density at radius 2 is 0.800 bits per heavy atom. The standard InChI is InChI=1S/C20H32/c1-5-9-17(10-6-2)19-13-15-20(16-14-19)18(11-7-3)12-8-4/h13-16H,5-12H2,1-4H3. The quantitative estimate of drug-likeness (QED) is 0.443. The minimum absolute atomic E-state index is 1.24. The van der Waals surface area contributed by atoms with Gasteiger partial charge in [-0.2, -0.15) is 0 Å². The molecule has 0 aliphatic rings. The number of benzene rings is 1. The van der Waals surface area contributed by atoms with Gasteiger partial charge >= 0.3 is 0 Å². The van der Waals surface area contributed by atoms with Crippen molar-refractivity contribution in [3.05, 3.63) is 47.2 Å². The lowest BCUT2D eigenvalue weighted by molar-refractivity contribution is 0.714. The van der Waals surface area contributed by atoms with Crippen LogP contribution in [0.5, 0.6) is 0 Å². The second kappa shape index (κ2) is 10.0. The molecule has 0 atom stereocenters. The monoisotopic (exact) mass is 272 g/mol. The highest BCUT2D eigenvalue weighted by atomic mass is 14.2. The van der Waals surface area contributed by atoms with E-state index in [0.717, 1.165) is 0 Å². The van der Waals surface area contributed by atoms with Crippen LogP contribution in [-0.2, 0) is 0 Å². The molecule has 0 saturated heterocycles. The van der Waals surface area contributed by atoms with Crippen LogP contribution in [0.25, 0.3) is 0 Å². The first kappa shape index (κ1) is 17.3. The molecule has 0 heterocycles. The van der Waals surface area contributed by atoms with Crippen molar-refractivity contribution in [2.24, 2.45) is 0 Å². The summed E-state index contributed by atoms with van der Waals surface area (Å²) in [6, 6.07) is 9.39. The second-order valence-electron chi connectivity index (χ2n) is 5.78. The minimum Gasteiger partial charge on any atom is -0.0654 e. The first-order valence-electron chi connectivity index (χ1n) is 8.56. The molecular formula is C20H32. The number of hydrogen-bond donors (Lipinski definition) is 0. The molecule has 1 aromatic rings. The zero-order chi connectivity index (χ0) is 14.8. The second-order valence-corrected chi connectivity index (χ2v) is 5.78. The fourth-order valence-electron chi connectivity index (χ4n) is 2.98. The molecule has 0 amide bonds. The summed E-state index contributed by atoms with van der Waals surface area (Å²) in [5.41, 5.74) is 2.93. The van der Waals surface area contributed by atoms with E-state index in [0.29, 0.717) is 0 Å². The Morgan fingerprint density at radius 3 is 1.00 bits per heavy atom. The van der Waals surface area contributed by atoms with Gasteiger partial charge in [0.05, 0.1) is 0 Å². The maximum Gasteiger partial charge on any atom is 0.00496 e. The van der Waals surface area contributed by atoms with Crippen LogP contribution >= 0.6 is 0 Å². The summed E-state index contributed by atoms with van der Waals surface area (Å²) in [6.07, 6.45) is 9.98. The van der Waals surface area contributed by atoms with Crippen molar-refractivity contribution in [1.29, 1.82) is 0 Å². The van der Waals surface area contributed by atoms with Gasteiger partial charge in [-0.25, -0.2) is 0 Å². The Balaban J connectivity index is 2.79. The molecule has 0 bridgehead atoms. The van der Waals surface area contributed by atoms with Gasteiger partial charge in [-0.05, 0) is 36.8 Å². The van der Waals surface area contributed by atoms with E-state index < -0.39 is 0 Å². The SMILES string of the molecule is CCC[C](CCC)c1ccc([C](CCC)CCC)cc1. The highest BCUT2D eigenvalue weighted by Crippen LogP contribution is 2.29. The third-order valence-electron chi connectivity index (χ3n) is 3.91. The van der Waals surface area contributed by atoms with Gasteiger partial charge in [0.1, 0.15) is 0 Å². The molecule has 0 heteroatoms. The minimum atomic E-state index is 1.24. The third-order valence-corrected chi connectivity index (χ3v) is 3.91. The van der Waals surface area contributed by atoms with Crippen LogP contribution in [0, 0.1) is 11.8 Å². The van der Waals surface area contributed by atoms with Gasteiger partial charge in [0.15, 0.2) is 0 Å². The van der Waals surface area contributed by atoms with Crippen molar-refractivity contribution in [2.75, 3.05) is 0 Å². The fraction of sp³-hybridized carbons (Fsp3) is 0.600. The van der Waals surface area contributed by atoms with E-state index in [9.17, 15) is 0 Å². The van der Waals surface area contributed by atoms with E-state index in [2.05, 4.69) is 52.0 Å². The Hall–Kier alpha value is -0.780. The van der Waals surface area contributed by atoms with Crippen molar-refractivity contribution in [3.8, 4) is 0 Å². The molecule has 112 valence electrons. The molecule has 0 aliphatic heterocycles. The number of hydrogen-bond acceptors (Lipinski definition) is 0. The topological polar surface area (TPSA) is 0 Å². The molecule has 0 spiro atoms. The normalized spacial score (nSPS) is 11.5. The maximum atomic E-state index is 2.35. The zero-order valence-corrected chi connectivity index (χ0v) is 14.0. The van der Waals surface area contributed by atoms with Crippen molar-refractivity contribution in [3.63, 3.8) is 0 Å². The van der Waals surface area contributed by atoms with Crippen LogP contribution in [0.4, 0.5) is 0 Å². The summed E-state index contributed by atoms with van der Waals surface area (Å²) in [5, 5.41) is 0. The van der Waals surface area contributed by atoms with Crippen LogP contribution in [0.3, 0.4) is 0 Å². The van der Waals surface area contributed by atoms with E-state index in [-0.39, 0.29) is 0 Å². The number of rotatable bonds is 10. The van der Waals surface area contributed by atoms with Crippen molar-refractivity contribution in [2.45, 2.75) is 79.1 Å². The van der Waals surface area contributed by atoms with Crippen LogP contribution in [0.2, 0.25) is 0 Å². The summed E-state index contributed by atoms with van der Waals surface area (Å²) in [7, 11) is 0. The van der Waals surface area contributed by atoms with Crippen molar-refractivity contribution in [1.82, 2.24) is 0 Å². The Morgan fingerprint density at radius 1 is 0.550 bits per heavy atom. The summed E-state index contributed by atoms with van der Waals surface area (Å²) in [6.45, 7) is 9.10. The summed E-state index contributed by atoms with van der Waals surface area (Å²) in [4.78, 5) is 0. The van der Waals surface area contributed by atoms with E-state index in [1.807, 2.05) is 0 Å². The molecule has 0 N–H and O–H groups in total. The lowest BCUT2D eigenvalue weighted by Gasteiger charge is -2.18. The van der Waals surface area contributed by atoms with Gasteiger partial charge in [-0.15, -0.1) is 0 Å². The van der Waals surface area contributed by atoms with Gasteiger partial charge < -0.3 is 0 Å². The molecule has 0 aliphatic carbocycles. The van der Waals surface area contributed by atoms with E-state index >= 15 is 0 Å². The van der Waals surface area contributed by atoms with Crippen molar-refractivity contribution < 1.29 is 0 Å². The Bertz CT molecular complexity index is 289. The van der Waals surface area contributed by atoms with Crippen LogP contribution in [-0.4, -0.2) is 0 Å². The highest BCUT2D eigenvalue weighted by molar-refractivity contribution is 5.38. The van der Waals surface area contributed by atoms with E-state index in [4.69, 9.17) is 0 Å². The van der Waals surface area contributed by atoms with E-state index in [1.165, 1.54) is 62.5 Å². The van der Waals surface area contributed by atoms with E-state index in [1.54, 1.807) is 11.8 Å². The molecule has 0 nitrogen and oxygen atoms in total. The highest BCUT2D eigenvalue weighted by Gasteiger charge is 2.13. The predicted molar refractivity (Wildman–Crippen MR) is 90.8 cm³/mol. The van der Waals surface area contributed by atoms with Gasteiger partial charge in [0, 0.05) is 11.8 Å². The molecule has 0 fully saturated rings. The summed E-state index contributed by atoms with van der Waals surface area (Å²) < 4.78 is 0. The zero-order valence-electron chi connectivity index (χ0n) is 14.0. The fourth-order valence-corrected chi connectivity index (χ4v) is 2.98. The molecular weight excluding hydrogens is 240 g/mol. The summed E-state index contributed by atoms with van der Waals surface area (Å²) >= 11 is 0. The van der Waals surface area contributed by atoms with Crippen LogP contribution < -0.4 is 0 Å². The van der Waals surface area contributed by atoms with Crippen LogP contribution in [0.1, 0.15) is 90.2 Å².